The fraction of sp³-hybridized carbons (Fsp3) is 0. The van der Waals surface area contributed by atoms with Crippen molar-refractivity contribution in [2.24, 2.45) is 0 Å². The zero-order valence-electron chi connectivity index (χ0n) is 15.5. The molecule has 0 unspecified atom stereocenters. The summed E-state index contributed by atoms with van der Waals surface area (Å²) in [4.78, 5) is 34.9. The number of carbonyl (C=O) groups excluding carboxylic acids is 2. The first kappa shape index (κ1) is 20.2. The Morgan fingerprint density at radius 2 is 1.87 bits per heavy atom. The van der Waals surface area contributed by atoms with Crippen LogP contribution >= 0.6 is 11.6 Å². The third-order valence-corrected chi connectivity index (χ3v) is 4.77. The number of rotatable bonds is 4. The van der Waals surface area contributed by atoms with E-state index in [1.54, 1.807) is 0 Å². The number of hydrogen-bond donors (Lipinski definition) is 0. The molecule has 1 aliphatic rings. The van der Waals surface area contributed by atoms with Gasteiger partial charge in [0.05, 0.1) is 21.1 Å². The number of allylic oxidation sites excluding steroid dienone is 1. The van der Waals surface area contributed by atoms with Gasteiger partial charge in [0.25, 0.3) is 5.69 Å². The molecule has 0 saturated carbocycles. The molecule has 0 aliphatic carbocycles. The molecule has 0 radical (unpaired) electrons. The molecule has 4 rings (SSSR count). The Hall–Kier alpha value is -4.04. The minimum atomic E-state index is -0.743. The second-order valence-corrected chi connectivity index (χ2v) is 6.83. The maximum absolute atomic E-state index is 14.0. The van der Waals surface area contributed by atoms with E-state index >= 15 is 0 Å². The van der Waals surface area contributed by atoms with Crippen LogP contribution in [0.1, 0.15) is 26.3 Å². The van der Waals surface area contributed by atoms with Crippen LogP contribution in [0.5, 0.6) is 11.5 Å². The highest BCUT2D eigenvalue weighted by Crippen LogP contribution is 2.36. The van der Waals surface area contributed by atoms with Crippen LogP contribution in [0.3, 0.4) is 0 Å². The van der Waals surface area contributed by atoms with Gasteiger partial charge in [-0.1, -0.05) is 17.7 Å². The molecule has 0 aromatic heterocycles. The SMILES string of the molecule is O=C(Oc1ccc2c(c1)O/C(=C\c1c(F)cccc1Cl)C2=O)c1ccc([N+](=O)[O-])cc1. The van der Waals surface area contributed by atoms with Gasteiger partial charge < -0.3 is 9.47 Å². The van der Waals surface area contributed by atoms with E-state index < -0.39 is 22.5 Å². The minimum absolute atomic E-state index is 0.0187. The van der Waals surface area contributed by atoms with E-state index in [0.29, 0.717) is 0 Å². The van der Waals surface area contributed by atoms with Crippen molar-refractivity contribution >= 4 is 35.1 Å². The first-order valence-corrected chi connectivity index (χ1v) is 9.20. The summed E-state index contributed by atoms with van der Waals surface area (Å²) in [6, 6.07) is 13.2. The summed E-state index contributed by atoms with van der Waals surface area (Å²) in [7, 11) is 0. The summed E-state index contributed by atoms with van der Waals surface area (Å²) < 4.78 is 24.8. The van der Waals surface area contributed by atoms with Crippen molar-refractivity contribution in [3.8, 4) is 11.5 Å². The molecule has 0 fully saturated rings. The fourth-order valence-corrected chi connectivity index (χ4v) is 3.11. The molecular weight excluding hydrogens is 429 g/mol. The van der Waals surface area contributed by atoms with E-state index in [1.165, 1.54) is 66.7 Å². The van der Waals surface area contributed by atoms with Gasteiger partial charge in [-0.05, 0) is 42.5 Å². The molecule has 0 amide bonds. The number of hydrogen-bond acceptors (Lipinski definition) is 6. The molecule has 3 aromatic carbocycles. The van der Waals surface area contributed by atoms with Gasteiger partial charge in [-0.2, -0.15) is 0 Å². The van der Waals surface area contributed by atoms with Gasteiger partial charge in [0, 0.05) is 23.8 Å². The lowest BCUT2D eigenvalue weighted by molar-refractivity contribution is -0.384. The number of Topliss-reactive ketones (excluding diaryl/α,β-unsaturated/α-hetero) is 1. The largest absolute Gasteiger partial charge is 0.452 e. The van der Waals surface area contributed by atoms with Crippen molar-refractivity contribution in [2.45, 2.75) is 0 Å². The molecule has 0 spiro atoms. The standard InChI is InChI=1S/C22H11ClFNO6/c23-17-2-1-3-18(24)16(17)11-20-21(26)15-9-8-14(10-19(15)31-20)30-22(27)12-4-6-13(7-5-12)25(28)29/h1-11H/b20-11-. The maximum Gasteiger partial charge on any atom is 0.343 e. The number of ether oxygens (including phenoxy) is 2. The van der Waals surface area contributed by atoms with Gasteiger partial charge in [0.15, 0.2) is 5.76 Å². The average Bonchev–Trinajstić information content (AvgIpc) is 3.05. The van der Waals surface area contributed by atoms with Gasteiger partial charge in [0.2, 0.25) is 5.78 Å². The van der Waals surface area contributed by atoms with Gasteiger partial charge in [-0.3, -0.25) is 14.9 Å². The number of carbonyl (C=O) groups is 2. The van der Waals surface area contributed by atoms with E-state index in [4.69, 9.17) is 21.1 Å². The molecule has 1 aliphatic heterocycles. The van der Waals surface area contributed by atoms with Crippen molar-refractivity contribution in [1.29, 1.82) is 0 Å². The average molecular weight is 440 g/mol. The molecule has 0 N–H and O–H groups in total. The topological polar surface area (TPSA) is 95.7 Å². The van der Waals surface area contributed by atoms with E-state index in [1.807, 2.05) is 0 Å². The number of esters is 1. The number of ketones is 1. The lowest BCUT2D eigenvalue weighted by Gasteiger charge is -2.06. The molecule has 9 heteroatoms. The second-order valence-electron chi connectivity index (χ2n) is 6.43. The summed E-state index contributed by atoms with van der Waals surface area (Å²) in [5.74, 6) is -1.71. The Kier molecular flexibility index (Phi) is 5.22. The maximum atomic E-state index is 14.0. The fourth-order valence-electron chi connectivity index (χ4n) is 2.90. The summed E-state index contributed by atoms with van der Waals surface area (Å²) in [5.41, 5.74) is 0.187. The number of non-ortho nitro benzene ring substituents is 1. The molecule has 0 bridgehead atoms. The zero-order chi connectivity index (χ0) is 22.1. The number of halogens is 2. The van der Waals surface area contributed by atoms with E-state index in [-0.39, 0.29) is 44.7 Å². The third kappa shape index (κ3) is 4.01. The molecular formula is C22H11ClFNO6. The quantitative estimate of drug-likeness (QED) is 0.182. The first-order chi connectivity index (χ1) is 14.8. The van der Waals surface area contributed by atoms with Crippen LogP contribution in [0.4, 0.5) is 10.1 Å². The van der Waals surface area contributed by atoms with Crippen LogP contribution < -0.4 is 9.47 Å². The number of nitro groups is 1. The van der Waals surface area contributed by atoms with Crippen LogP contribution in [-0.2, 0) is 0 Å². The number of benzene rings is 3. The lowest BCUT2D eigenvalue weighted by Crippen LogP contribution is -2.08. The van der Waals surface area contributed by atoms with Gasteiger partial charge in [-0.15, -0.1) is 0 Å². The molecule has 0 saturated heterocycles. The van der Waals surface area contributed by atoms with Crippen LogP contribution in [0.15, 0.2) is 66.4 Å². The van der Waals surface area contributed by atoms with Crippen molar-refractivity contribution in [1.82, 2.24) is 0 Å². The Morgan fingerprint density at radius 1 is 1.13 bits per heavy atom. The van der Waals surface area contributed by atoms with Crippen LogP contribution in [0, 0.1) is 15.9 Å². The highest BCUT2D eigenvalue weighted by Gasteiger charge is 2.28. The second kappa shape index (κ2) is 8.00. The molecule has 31 heavy (non-hydrogen) atoms. The Morgan fingerprint density at radius 3 is 2.55 bits per heavy atom. The van der Waals surface area contributed by atoms with Crippen LogP contribution in [-0.4, -0.2) is 16.7 Å². The molecule has 1 heterocycles. The predicted octanol–water partition coefficient (Wildman–Crippen LogP) is 5.22. The Balaban J connectivity index is 1.55. The van der Waals surface area contributed by atoms with Gasteiger partial charge in [-0.25, -0.2) is 9.18 Å². The molecule has 3 aromatic rings. The summed E-state index contributed by atoms with van der Waals surface area (Å²) >= 11 is 5.99. The Bertz CT molecular complexity index is 1250. The van der Waals surface area contributed by atoms with Crippen LogP contribution in [0.25, 0.3) is 6.08 Å². The van der Waals surface area contributed by atoms with Crippen molar-refractivity contribution < 1.29 is 28.4 Å². The van der Waals surface area contributed by atoms with E-state index in [0.717, 1.165) is 0 Å². The first-order valence-electron chi connectivity index (χ1n) is 8.82. The van der Waals surface area contributed by atoms with E-state index in [2.05, 4.69) is 0 Å². The summed E-state index contributed by atoms with van der Waals surface area (Å²) in [5, 5.41) is 10.8. The normalized spacial score (nSPS) is 13.6. The number of nitrogens with zero attached hydrogens (tertiary/aromatic N) is 1. The highest BCUT2D eigenvalue weighted by molar-refractivity contribution is 6.32. The van der Waals surface area contributed by atoms with Crippen molar-refractivity contribution in [2.75, 3.05) is 0 Å². The zero-order valence-corrected chi connectivity index (χ0v) is 16.3. The van der Waals surface area contributed by atoms with Crippen molar-refractivity contribution in [3.05, 3.63) is 104 Å². The van der Waals surface area contributed by atoms with Gasteiger partial charge >= 0.3 is 5.97 Å². The molecule has 0 atom stereocenters. The third-order valence-electron chi connectivity index (χ3n) is 4.44. The molecule has 7 nitrogen and oxygen atoms in total. The Labute approximate surface area is 179 Å². The minimum Gasteiger partial charge on any atom is -0.452 e. The van der Waals surface area contributed by atoms with Gasteiger partial charge in [0.1, 0.15) is 17.3 Å². The predicted molar refractivity (Wildman–Crippen MR) is 109 cm³/mol. The monoisotopic (exact) mass is 439 g/mol. The summed E-state index contributed by atoms with van der Waals surface area (Å²) in [6.07, 6.45) is 1.21. The van der Waals surface area contributed by atoms with Crippen LogP contribution in [0.2, 0.25) is 5.02 Å². The number of fused-ring (bicyclic) bond motifs is 1. The molecule has 154 valence electrons. The number of nitro benzene ring substituents is 1. The smallest absolute Gasteiger partial charge is 0.343 e. The van der Waals surface area contributed by atoms with Crippen molar-refractivity contribution in [3.63, 3.8) is 0 Å². The van der Waals surface area contributed by atoms with E-state index in [9.17, 15) is 24.1 Å². The highest BCUT2D eigenvalue weighted by atomic mass is 35.5. The lowest BCUT2D eigenvalue weighted by atomic mass is 10.1. The summed E-state index contributed by atoms with van der Waals surface area (Å²) in [6.45, 7) is 0.